The van der Waals surface area contributed by atoms with Crippen LogP contribution < -0.4 is 5.43 Å². The van der Waals surface area contributed by atoms with Crippen LogP contribution in [0.1, 0.15) is 37.5 Å². The number of hydrogen-bond donors (Lipinski definition) is 1. The number of benzene rings is 2. The van der Waals surface area contributed by atoms with Gasteiger partial charge in [0.15, 0.2) is 0 Å². The molecular formula is C20H20ClN3O2. The molecule has 2 aromatic carbocycles. The second-order valence-electron chi connectivity index (χ2n) is 6.11. The molecule has 5 nitrogen and oxygen atoms in total. The molecule has 0 saturated carbocycles. The van der Waals surface area contributed by atoms with Crippen molar-refractivity contribution in [1.29, 1.82) is 5.26 Å². The zero-order chi connectivity index (χ0) is 19.2. The van der Waals surface area contributed by atoms with Crippen LogP contribution in [0.3, 0.4) is 0 Å². The monoisotopic (exact) mass is 369 g/mol. The Labute approximate surface area is 158 Å². The zero-order valence-corrected chi connectivity index (χ0v) is 15.7. The van der Waals surface area contributed by atoms with Crippen LogP contribution in [-0.4, -0.2) is 18.4 Å². The number of amides is 1. The fraction of sp³-hybridized carbons (Fsp3) is 0.250. The van der Waals surface area contributed by atoms with Crippen molar-refractivity contribution in [2.45, 2.75) is 26.2 Å². The van der Waals surface area contributed by atoms with Gasteiger partial charge in [0.05, 0.1) is 23.8 Å². The molecule has 0 aliphatic heterocycles. The van der Waals surface area contributed by atoms with Gasteiger partial charge < -0.3 is 4.74 Å². The molecule has 0 spiro atoms. The number of rotatable bonds is 5. The molecule has 0 unspecified atom stereocenters. The first-order valence-corrected chi connectivity index (χ1v) is 8.53. The molecule has 0 fully saturated rings. The average Bonchev–Trinajstić information content (AvgIpc) is 2.64. The summed E-state index contributed by atoms with van der Waals surface area (Å²) >= 11 is 5.96. The van der Waals surface area contributed by atoms with Gasteiger partial charge in [0.1, 0.15) is 0 Å². The SMILES string of the molecule is CCOC(=O)NN=C(c1ccc(Cl)cc1)c1ccc(C(C)(C)C#N)cc1. The Morgan fingerprint density at radius 3 is 2.19 bits per heavy atom. The molecular weight excluding hydrogens is 350 g/mol. The lowest BCUT2D eigenvalue weighted by Gasteiger charge is -2.16. The molecule has 0 heterocycles. The molecule has 1 N–H and O–H groups in total. The van der Waals surface area contributed by atoms with Crippen molar-refractivity contribution >= 4 is 23.4 Å². The summed E-state index contributed by atoms with van der Waals surface area (Å²) in [4.78, 5) is 11.6. The van der Waals surface area contributed by atoms with Crippen LogP contribution >= 0.6 is 11.6 Å². The molecule has 0 aliphatic rings. The van der Waals surface area contributed by atoms with Crippen LogP contribution in [0, 0.1) is 11.3 Å². The summed E-state index contributed by atoms with van der Waals surface area (Å²) in [7, 11) is 0. The molecule has 2 aromatic rings. The van der Waals surface area contributed by atoms with Crippen LogP contribution in [0.4, 0.5) is 4.79 Å². The maximum atomic E-state index is 11.6. The summed E-state index contributed by atoms with van der Waals surface area (Å²) in [6.45, 7) is 5.70. The van der Waals surface area contributed by atoms with Gasteiger partial charge in [-0.25, -0.2) is 10.2 Å². The normalized spacial score (nSPS) is 11.6. The number of nitriles is 1. The van der Waals surface area contributed by atoms with E-state index in [1.54, 1.807) is 19.1 Å². The third kappa shape index (κ3) is 4.84. The van der Waals surface area contributed by atoms with E-state index in [2.05, 4.69) is 16.6 Å². The smallest absolute Gasteiger partial charge is 0.427 e. The molecule has 0 aliphatic carbocycles. The minimum atomic E-state index is -0.624. The Morgan fingerprint density at radius 1 is 1.15 bits per heavy atom. The number of nitrogens with zero attached hydrogens (tertiary/aromatic N) is 2. The van der Waals surface area contributed by atoms with E-state index in [4.69, 9.17) is 16.3 Å². The Morgan fingerprint density at radius 2 is 1.69 bits per heavy atom. The predicted octanol–water partition coefficient (Wildman–Crippen LogP) is 4.64. The first kappa shape index (κ1) is 19.5. The summed E-state index contributed by atoms with van der Waals surface area (Å²) in [6.07, 6.45) is -0.624. The quantitative estimate of drug-likeness (QED) is 0.616. The maximum absolute atomic E-state index is 11.6. The van der Waals surface area contributed by atoms with Crippen LogP contribution in [0.25, 0.3) is 0 Å². The molecule has 0 atom stereocenters. The fourth-order valence-corrected chi connectivity index (χ4v) is 2.40. The van der Waals surface area contributed by atoms with Gasteiger partial charge in [-0.2, -0.15) is 10.4 Å². The molecule has 0 bridgehead atoms. The van der Waals surface area contributed by atoms with Crippen LogP contribution in [0.15, 0.2) is 53.6 Å². The third-order valence-corrected chi connectivity index (χ3v) is 4.06. The summed E-state index contributed by atoms with van der Waals surface area (Å²) in [6, 6.07) is 16.9. The number of halogens is 1. The topological polar surface area (TPSA) is 74.5 Å². The summed E-state index contributed by atoms with van der Waals surface area (Å²) in [5.41, 5.74) is 4.86. The molecule has 1 amide bonds. The van der Waals surface area contributed by atoms with Crippen molar-refractivity contribution in [2.75, 3.05) is 6.61 Å². The minimum absolute atomic E-state index is 0.259. The standard InChI is InChI=1S/C20H20ClN3O2/c1-4-26-19(25)24-23-18(15-7-11-17(21)12-8-15)14-5-9-16(10-6-14)20(2,3)13-22/h5-12H,4H2,1-3H3,(H,24,25). The van der Waals surface area contributed by atoms with E-state index in [0.29, 0.717) is 10.7 Å². The largest absolute Gasteiger partial charge is 0.449 e. The van der Waals surface area contributed by atoms with Crippen LogP contribution in [-0.2, 0) is 10.2 Å². The predicted molar refractivity (Wildman–Crippen MR) is 102 cm³/mol. The first-order chi connectivity index (χ1) is 12.4. The van der Waals surface area contributed by atoms with Gasteiger partial charge in [-0.1, -0.05) is 48.0 Å². The van der Waals surface area contributed by atoms with Crippen molar-refractivity contribution < 1.29 is 9.53 Å². The summed E-state index contributed by atoms with van der Waals surface area (Å²) in [5, 5.41) is 14.1. The van der Waals surface area contributed by atoms with E-state index in [1.165, 1.54) is 0 Å². The number of hydrazone groups is 1. The Kier molecular flexibility index (Phi) is 6.37. The number of carbonyl (C=O) groups excluding carboxylic acids is 1. The number of ether oxygens (including phenoxy) is 1. The highest BCUT2D eigenvalue weighted by Crippen LogP contribution is 2.23. The Hall–Kier alpha value is -2.84. The summed E-state index contributed by atoms with van der Waals surface area (Å²) < 4.78 is 4.85. The highest BCUT2D eigenvalue weighted by atomic mass is 35.5. The van der Waals surface area contributed by atoms with Gasteiger partial charge in [-0.15, -0.1) is 0 Å². The van der Waals surface area contributed by atoms with Crippen LogP contribution in [0.5, 0.6) is 0 Å². The van der Waals surface area contributed by atoms with Crippen molar-refractivity contribution in [3.05, 3.63) is 70.2 Å². The van der Waals surface area contributed by atoms with E-state index in [1.807, 2.05) is 50.2 Å². The Bertz CT molecular complexity index is 835. The van der Waals surface area contributed by atoms with Gasteiger partial charge in [0, 0.05) is 16.1 Å². The van der Waals surface area contributed by atoms with Crippen molar-refractivity contribution in [3.63, 3.8) is 0 Å². The second kappa shape index (κ2) is 8.50. The highest BCUT2D eigenvalue weighted by Gasteiger charge is 2.20. The average molecular weight is 370 g/mol. The van der Waals surface area contributed by atoms with Gasteiger partial charge in [-0.05, 0) is 38.5 Å². The van der Waals surface area contributed by atoms with Crippen LogP contribution in [0.2, 0.25) is 5.02 Å². The number of hydrogen-bond acceptors (Lipinski definition) is 4. The van der Waals surface area contributed by atoms with Gasteiger partial charge in [0.25, 0.3) is 0 Å². The van der Waals surface area contributed by atoms with Crippen molar-refractivity contribution in [3.8, 4) is 6.07 Å². The zero-order valence-electron chi connectivity index (χ0n) is 14.9. The van der Waals surface area contributed by atoms with E-state index < -0.39 is 11.5 Å². The summed E-state index contributed by atoms with van der Waals surface area (Å²) in [5.74, 6) is 0. The van der Waals surface area contributed by atoms with E-state index in [-0.39, 0.29) is 6.61 Å². The van der Waals surface area contributed by atoms with E-state index in [9.17, 15) is 10.1 Å². The third-order valence-electron chi connectivity index (χ3n) is 3.81. The Balaban J connectivity index is 2.40. The molecule has 2 rings (SSSR count). The molecule has 0 radical (unpaired) electrons. The fourth-order valence-electron chi connectivity index (χ4n) is 2.28. The molecule has 134 valence electrons. The lowest BCUT2D eigenvalue weighted by atomic mass is 9.85. The van der Waals surface area contributed by atoms with Crippen molar-refractivity contribution in [2.24, 2.45) is 5.10 Å². The number of carbonyl (C=O) groups is 1. The minimum Gasteiger partial charge on any atom is -0.449 e. The lowest BCUT2D eigenvalue weighted by molar-refractivity contribution is 0.152. The number of nitrogens with one attached hydrogen (secondary N) is 1. The molecule has 0 aromatic heterocycles. The highest BCUT2D eigenvalue weighted by molar-refractivity contribution is 6.30. The molecule has 0 saturated heterocycles. The second-order valence-corrected chi connectivity index (χ2v) is 6.55. The maximum Gasteiger partial charge on any atom is 0.427 e. The van der Waals surface area contributed by atoms with Gasteiger partial charge in [-0.3, -0.25) is 0 Å². The van der Waals surface area contributed by atoms with E-state index >= 15 is 0 Å². The van der Waals surface area contributed by atoms with E-state index in [0.717, 1.165) is 16.7 Å². The first-order valence-electron chi connectivity index (χ1n) is 8.16. The molecule has 6 heteroatoms. The van der Waals surface area contributed by atoms with Gasteiger partial charge >= 0.3 is 6.09 Å². The van der Waals surface area contributed by atoms with Crippen molar-refractivity contribution in [1.82, 2.24) is 5.43 Å². The molecule has 26 heavy (non-hydrogen) atoms. The van der Waals surface area contributed by atoms with Gasteiger partial charge in [0.2, 0.25) is 0 Å². The lowest BCUT2D eigenvalue weighted by Crippen LogP contribution is -2.21.